The number of carbonyl (C=O) groups is 2. The van der Waals surface area contributed by atoms with Gasteiger partial charge >= 0.3 is 0 Å². The van der Waals surface area contributed by atoms with Gasteiger partial charge in [-0.2, -0.15) is 8.42 Å². The Morgan fingerprint density at radius 1 is 1.12 bits per heavy atom. The van der Waals surface area contributed by atoms with Crippen LogP contribution in [-0.2, 0) is 20.7 Å². The summed E-state index contributed by atoms with van der Waals surface area (Å²) in [4.78, 5) is 27.5. The van der Waals surface area contributed by atoms with E-state index in [1.807, 2.05) is 29.2 Å². The highest BCUT2D eigenvalue weighted by Gasteiger charge is 2.30. The Morgan fingerprint density at radius 3 is 2.36 bits per heavy atom. The van der Waals surface area contributed by atoms with Crippen LogP contribution in [0.25, 0.3) is 0 Å². The molecule has 0 saturated carbocycles. The maximum Gasteiger partial charge on any atom is 0.269 e. The zero-order valence-corrected chi connectivity index (χ0v) is 20.3. The molecule has 2 unspecified atom stereocenters. The van der Waals surface area contributed by atoms with Crippen LogP contribution in [0.3, 0.4) is 0 Å². The second kappa shape index (κ2) is 10.7. The molecule has 0 aromatic heterocycles. The molecule has 9 heteroatoms. The lowest BCUT2D eigenvalue weighted by Gasteiger charge is -2.35. The molecule has 3 rings (SSSR count). The minimum atomic E-state index is -4.19. The second-order valence-corrected chi connectivity index (χ2v) is 10.5. The summed E-state index contributed by atoms with van der Waals surface area (Å²) in [7, 11) is -4.19. The molecule has 2 N–H and O–H groups in total. The van der Waals surface area contributed by atoms with E-state index in [2.05, 4.69) is 5.32 Å². The molecule has 1 aliphatic heterocycles. The van der Waals surface area contributed by atoms with Crippen molar-refractivity contribution in [1.82, 2.24) is 10.2 Å². The van der Waals surface area contributed by atoms with Crippen molar-refractivity contribution >= 4 is 33.5 Å². The molecular formula is C24H29ClN2O5S. The van der Waals surface area contributed by atoms with Gasteiger partial charge in [0.2, 0.25) is 5.91 Å². The smallest absolute Gasteiger partial charge is 0.269 e. The topological polar surface area (TPSA) is 104 Å². The fourth-order valence-electron chi connectivity index (χ4n) is 4.10. The van der Waals surface area contributed by atoms with Gasteiger partial charge in [-0.15, -0.1) is 0 Å². The van der Waals surface area contributed by atoms with Crippen molar-refractivity contribution in [3.63, 3.8) is 0 Å². The molecular weight excluding hydrogens is 464 g/mol. The number of amides is 2. The molecule has 1 heterocycles. The van der Waals surface area contributed by atoms with Gasteiger partial charge < -0.3 is 10.2 Å². The Labute approximate surface area is 199 Å². The minimum Gasteiger partial charge on any atom is -0.349 e. The number of hydrogen-bond acceptors (Lipinski definition) is 4. The van der Waals surface area contributed by atoms with E-state index in [-0.39, 0.29) is 11.5 Å². The summed E-state index contributed by atoms with van der Waals surface area (Å²) < 4.78 is 31.2. The first-order valence-corrected chi connectivity index (χ1v) is 12.9. The van der Waals surface area contributed by atoms with E-state index in [1.165, 1.54) is 17.7 Å². The zero-order valence-electron chi connectivity index (χ0n) is 18.7. The first kappa shape index (κ1) is 25.2. The normalized spacial score (nSPS) is 16.8. The molecule has 33 heavy (non-hydrogen) atoms. The van der Waals surface area contributed by atoms with Crippen molar-refractivity contribution in [2.24, 2.45) is 5.92 Å². The molecule has 1 fully saturated rings. The third-order valence-electron chi connectivity index (χ3n) is 6.18. The molecule has 1 aliphatic rings. The Morgan fingerprint density at radius 2 is 1.76 bits per heavy atom. The molecule has 0 spiro atoms. The average molecular weight is 493 g/mol. The van der Waals surface area contributed by atoms with Gasteiger partial charge in [0.25, 0.3) is 16.0 Å². The molecule has 2 aromatic carbocycles. The van der Waals surface area contributed by atoms with Crippen molar-refractivity contribution in [3.05, 3.63) is 70.2 Å². The van der Waals surface area contributed by atoms with Crippen LogP contribution >= 0.6 is 11.6 Å². The van der Waals surface area contributed by atoms with Crippen LogP contribution in [0.15, 0.2) is 48.5 Å². The van der Waals surface area contributed by atoms with E-state index in [0.29, 0.717) is 29.6 Å². The van der Waals surface area contributed by atoms with E-state index < -0.39 is 33.7 Å². The summed E-state index contributed by atoms with van der Waals surface area (Å²) in [6, 6.07) is 13.5. The summed E-state index contributed by atoms with van der Waals surface area (Å²) >= 11 is 5.97. The number of halogens is 1. The van der Waals surface area contributed by atoms with Gasteiger partial charge in [0.05, 0.1) is 5.92 Å². The van der Waals surface area contributed by atoms with E-state index in [9.17, 15) is 18.0 Å². The van der Waals surface area contributed by atoms with Crippen molar-refractivity contribution in [3.8, 4) is 0 Å². The third kappa shape index (κ3) is 7.03. The number of piperidine rings is 1. The lowest BCUT2D eigenvalue weighted by atomic mass is 9.88. The largest absolute Gasteiger partial charge is 0.349 e. The van der Waals surface area contributed by atoms with Crippen LogP contribution in [0.4, 0.5) is 0 Å². The zero-order chi connectivity index (χ0) is 24.2. The molecule has 0 radical (unpaired) electrons. The second-order valence-electron chi connectivity index (χ2n) is 8.63. The fraction of sp³-hybridized carbons (Fsp3) is 0.417. The van der Waals surface area contributed by atoms with E-state index >= 15 is 0 Å². The lowest BCUT2D eigenvalue weighted by molar-refractivity contribution is -0.136. The molecule has 0 aliphatic carbocycles. The van der Waals surface area contributed by atoms with Crippen molar-refractivity contribution < 1.29 is 22.6 Å². The number of nitrogens with one attached hydrogen (secondary N) is 1. The van der Waals surface area contributed by atoms with Gasteiger partial charge in [-0.25, -0.2) is 0 Å². The number of rotatable bonds is 7. The highest BCUT2D eigenvalue weighted by Crippen LogP contribution is 2.29. The Kier molecular flexibility index (Phi) is 8.15. The third-order valence-corrected chi connectivity index (χ3v) is 7.13. The minimum absolute atomic E-state index is 0.00233. The standard InChI is InChI=1S/C24H29ClN2O5S/c1-16(17(2)26-23(28)21-5-3-4-18(14-21)15-33(30,31)32)24(29)27-12-10-20(11-13-27)19-6-8-22(25)9-7-19/h3-9,14,16-17,20H,10-13,15H2,1-2H3,(H,26,28)(H,30,31,32). The van der Waals surface area contributed by atoms with Crippen LogP contribution < -0.4 is 5.32 Å². The van der Waals surface area contributed by atoms with E-state index in [4.69, 9.17) is 16.2 Å². The average Bonchev–Trinajstić information content (AvgIpc) is 2.77. The maximum absolute atomic E-state index is 13.0. The number of carbonyl (C=O) groups excluding carboxylic acids is 2. The highest BCUT2D eigenvalue weighted by atomic mass is 35.5. The van der Waals surface area contributed by atoms with Crippen LogP contribution in [0, 0.1) is 5.92 Å². The summed E-state index contributed by atoms with van der Waals surface area (Å²) in [5.74, 6) is -0.987. The van der Waals surface area contributed by atoms with Gasteiger partial charge in [-0.05, 0) is 61.1 Å². The van der Waals surface area contributed by atoms with Crippen molar-refractivity contribution in [2.75, 3.05) is 13.1 Å². The summed E-state index contributed by atoms with van der Waals surface area (Å²) in [5, 5.41) is 3.54. The van der Waals surface area contributed by atoms with E-state index in [0.717, 1.165) is 12.8 Å². The molecule has 2 atom stereocenters. The van der Waals surface area contributed by atoms with Gasteiger partial charge in [0.1, 0.15) is 5.75 Å². The van der Waals surface area contributed by atoms with Gasteiger partial charge in [-0.1, -0.05) is 42.8 Å². The first-order chi connectivity index (χ1) is 15.5. The fourth-order valence-corrected chi connectivity index (χ4v) is 4.82. The number of benzene rings is 2. The number of likely N-dealkylation sites (tertiary alicyclic amines) is 1. The molecule has 2 aromatic rings. The number of nitrogens with zero attached hydrogens (tertiary/aromatic N) is 1. The number of hydrogen-bond donors (Lipinski definition) is 2. The summed E-state index contributed by atoms with van der Waals surface area (Å²) in [5.41, 5.74) is 1.81. The van der Waals surface area contributed by atoms with E-state index in [1.54, 1.807) is 26.0 Å². The van der Waals surface area contributed by atoms with Crippen LogP contribution in [0.5, 0.6) is 0 Å². The quantitative estimate of drug-likeness (QED) is 0.571. The first-order valence-electron chi connectivity index (χ1n) is 10.9. The van der Waals surface area contributed by atoms with Gasteiger partial charge in [0.15, 0.2) is 0 Å². The summed E-state index contributed by atoms with van der Waals surface area (Å²) in [6.45, 7) is 4.90. The SMILES string of the molecule is CC(NC(=O)c1cccc(CS(=O)(=O)O)c1)C(C)C(=O)N1CCC(c2ccc(Cl)cc2)CC1. The highest BCUT2D eigenvalue weighted by molar-refractivity contribution is 7.85. The maximum atomic E-state index is 13.0. The monoisotopic (exact) mass is 492 g/mol. The lowest BCUT2D eigenvalue weighted by Crippen LogP contribution is -2.47. The summed E-state index contributed by atoms with van der Waals surface area (Å²) in [6.07, 6.45) is 1.75. The van der Waals surface area contributed by atoms with Gasteiger partial charge in [0, 0.05) is 29.7 Å². The molecule has 1 saturated heterocycles. The van der Waals surface area contributed by atoms with Crippen LogP contribution in [-0.4, -0.2) is 48.8 Å². The molecule has 7 nitrogen and oxygen atoms in total. The predicted molar refractivity (Wildman–Crippen MR) is 128 cm³/mol. The van der Waals surface area contributed by atoms with Crippen LogP contribution in [0.2, 0.25) is 5.02 Å². The van der Waals surface area contributed by atoms with Crippen LogP contribution in [0.1, 0.15) is 54.1 Å². The molecule has 0 bridgehead atoms. The Bertz CT molecular complexity index is 1100. The molecule has 178 valence electrons. The van der Waals surface area contributed by atoms with Crippen molar-refractivity contribution in [1.29, 1.82) is 0 Å². The Balaban J connectivity index is 1.55. The van der Waals surface area contributed by atoms with Gasteiger partial charge in [-0.3, -0.25) is 14.1 Å². The molecule has 2 amide bonds. The predicted octanol–water partition coefficient (Wildman–Crippen LogP) is 3.89. The Hall–Kier alpha value is -2.42. The van der Waals surface area contributed by atoms with Crippen molar-refractivity contribution in [2.45, 2.75) is 44.4 Å².